The van der Waals surface area contributed by atoms with E-state index in [1.165, 1.54) is 16.8 Å². The largest absolute Gasteiger partial charge is 0.497 e. The van der Waals surface area contributed by atoms with E-state index in [1.54, 1.807) is 7.11 Å². The van der Waals surface area contributed by atoms with Crippen LogP contribution in [0.2, 0.25) is 0 Å². The van der Waals surface area contributed by atoms with Gasteiger partial charge in [-0.25, -0.2) is 0 Å². The molecule has 0 amide bonds. The highest BCUT2D eigenvalue weighted by Crippen LogP contribution is 2.22. The van der Waals surface area contributed by atoms with Gasteiger partial charge in [0.25, 0.3) is 0 Å². The van der Waals surface area contributed by atoms with Gasteiger partial charge in [0, 0.05) is 12.2 Å². The van der Waals surface area contributed by atoms with Gasteiger partial charge in [-0.1, -0.05) is 30.3 Å². The number of ether oxygens (including phenoxy) is 2. The third-order valence-corrected chi connectivity index (χ3v) is 3.92. The van der Waals surface area contributed by atoms with Gasteiger partial charge in [-0.2, -0.15) is 0 Å². The number of anilines is 1. The molecule has 0 radical (unpaired) electrons. The summed E-state index contributed by atoms with van der Waals surface area (Å²) in [5, 5.41) is 3.48. The van der Waals surface area contributed by atoms with E-state index in [4.69, 9.17) is 9.47 Å². The highest BCUT2D eigenvalue weighted by atomic mass is 16.5. The second-order valence-corrected chi connectivity index (χ2v) is 5.36. The quantitative estimate of drug-likeness (QED) is 0.929. The molecule has 0 spiro atoms. The van der Waals surface area contributed by atoms with Crippen molar-refractivity contribution in [2.75, 3.05) is 19.0 Å². The predicted octanol–water partition coefficient (Wildman–Crippen LogP) is 3.64. The van der Waals surface area contributed by atoms with Crippen molar-refractivity contribution in [3.63, 3.8) is 0 Å². The molecule has 3 rings (SSSR count). The van der Waals surface area contributed by atoms with Crippen LogP contribution < -0.4 is 10.1 Å². The lowest BCUT2D eigenvalue weighted by Crippen LogP contribution is -2.21. The Balaban J connectivity index is 1.54. The van der Waals surface area contributed by atoms with E-state index in [-0.39, 0.29) is 6.10 Å². The Labute approximate surface area is 125 Å². The number of hydrogen-bond acceptors (Lipinski definition) is 3. The van der Waals surface area contributed by atoms with Gasteiger partial charge < -0.3 is 14.8 Å². The Hall–Kier alpha value is -2.00. The molecular formula is C18H21NO2. The lowest BCUT2D eigenvalue weighted by atomic mass is 10.1. The summed E-state index contributed by atoms with van der Waals surface area (Å²) in [5.74, 6) is 0.880. The van der Waals surface area contributed by atoms with Gasteiger partial charge in [0.2, 0.25) is 0 Å². The van der Waals surface area contributed by atoms with E-state index in [0.29, 0.717) is 6.61 Å². The van der Waals surface area contributed by atoms with Gasteiger partial charge in [0.15, 0.2) is 0 Å². The van der Waals surface area contributed by atoms with Crippen molar-refractivity contribution in [3.05, 3.63) is 59.7 Å². The molecule has 3 nitrogen and oxygen atoms in total. The molecule has 1 N–H and O–H groups in total. The van der Waals surface area contributed by atoms with Crippen LogP contribution in [0.3, 0.4) is 0 Å². The van der Waals surface area contributed by atoms with E-state index in [9.17, 15) is 0 Å². The fourth-order valence-electron chi connectivity index (χ4n) is 2.63. The molecule has 0 fully saturated rings. The molecule has 0 saturated carbocycles. The molecule has 0 bridgehead atoms. The standard InChI is InChI=1S/C18H21NO2/c1-20-16-9-6-14(7-10-16)13-21-17-11-8-15-4-2-3-5-18(15)19-12-17/h2-7,9-10,17,19H,8,11-13H2,1H3. The molecule has 1 unspecified atom stereocenters. The van der Waals surface area contributed by atoms with Crippen LogP contribution in [0.1, 0.15) is 17.5 Å². The molecule has 2 aromatic rings. The Morgan fingerprint density at radius 1 is 1.10 bits per heavy atom. The summed E-state index contributed by atoms with van der Waals surface area (Å²) >= 11 is 0. The van der Waals surface area contributed by atoms with Crippen molar-refractivity contribution in [3.8, 4) is 5.75 Å². The maximum absolute atomic E-state index is 6.05. The van der Waals surface area contributed by atoms with Crippen molar-refractivity contribution in [1.82, 2.24) is 0 Å². The number of para-hydroxylation sites is 1. The van der Waals surface area contributed by atoms with E-state index in [2.05, 4.69) is 41.7 Å². The second-order valence-electron chi connectivity index (χ2n) is 5.36. The number of nitrogens with one attached hydrogen (secondary N) is 1. The number of aryl methyl sites for hydroxylation is 1. The van der Waals surface area contributed by atoms with Crippen LogP contribution in [0.5, 0.6) is 5.75 Å². The summed E-state index contributed by atoms with van der Waals surface area (Å²) in [6.07, 6.45) is 2.37. The summed E-state index contributed by atoms with van der Waals surface area (Å²) in [5.41, 5.74) is 3.80. The van der Waals surface area contributed by atoms with Crippen LogP contribution in [0, 0.1) is 0 Å². The van der Waals surface area contributed by atoms with Gasteiger partial charge >= 0.3 is 0 Å². The average molecular weight is 283 g/mol. The number of fused-ring (bicyclic) bond motifs is 1. The molecule has 1 aliphatic rings. The minimum Gasteiger partial charge on any atom is -0.497 e. The first-order valence-electron chi connectivity index (χ1n) is 7.41. The topological polar surface area (TPSA) is 30.5 Å². The van der Waals surface area contributed by atoms with Crippen molar-refractivity contribution in [2.45, 2.75) is 25.6 Å². The second kappa shape index (κ2) is 6.64. The molecule has 1 atom stereocenters. The lowest BCUT2D eigenvalue weighted by Gasteiger charge is -2.16. The van der Waals surface area contributed by atoms with E-state index >= 15 is 0 Å². The number of rotatable bonds is 4. The first-order valence-corrected chi connectivity index (χ1v) is 7.41. The molecule has 0 saturated heterocycles. The SMILES string of the molecule is COc1ccc(COC2CCc3ccccc3NC2)cc1. The molecule has 1 heterocycles. The van der Waals surface area contributed by atoms with E-state index in [0.717, 1.165) is 25.1 Å². The van der Waals surface area contributed by atoms with E-state index in [1.807, 2.05) is 12.1 Å². The van der Waals surface area contributed by atoms with Gasteiger partial charge in [-0.3, -0.25) is 0 Å². The molecule has 3 heteroatoms. The van der Waals surface area contributed by atoms with Gasteiger partial charge in [0.1, 0.15) is 5.75 Å². The summed E-state index contributed by atoms with van der Waals surface area (Å²) in [6, 6.07) is 16.5. The van der Waals surface area contributed by atoms with Crippen molar-refractivity contribution in [1.29, 1.82) is 0 Å². The minimum absolute atomic E-state index is 0.250. The van der Waals surface area contributed by atoms with Crippen LogP contribution in [-0.2, 0) is 17.8 Å². The lowest BCUT2D eigenvalue weighted by molar-refractivity contribution is 0.0448. The molecule has 0 aliphatic carbocycles. The van der Waals surface area contributed by atoms with Gasteiger partial charge in [0.05, 0.1) is 19.8 Å². The number of hydrogen-bond donors (Lipinski definition) is 1. The molecule has 21 heavy (non-hydrogen) atoms. The summed E-state index contributed by atoms with van der Waals surface area (Å²) in [4.78, 5) is 0. The molecule has 0 aromatic heterocycles. The summed E-state index contributed by atoms with van der Waals surface area (Å²) in [6.45, 7) is 1.51. The van der Waals surface area contributed by atoms with Crippen molar-refractivity contribution < 1.29 is 9.47 Å². The normalized spacial score (nSPS) is 17.5. The Bertz CT molecular complexity index is 553. The fraction of sp³-hybridized carbons (Fsp3) is 0.333. The predicted molar refractivity (Wildman–Crippen MR) is 84.8 cm³/mol. The first kappa shape index (κ1) is 14.0. The Kier molecular flexibility index (Phi) is 4.41. The highest BCUT2D eigenvalue weighted by Gasteiger charge is 2.15. The van der Waals surface area contributed by atoms with Crippen LogP contribution in [-0.4, -0.2) is 19.8 Å². The fourth-order valence-corrected chi connectivity index (χ4v) is 2.63. The smallest absolute Gasteiger partial charge is 0.118 e. The zero-order valence-corrected chi connectivity index (χ0v) is 12.3. The summed E-state index contributed by atoms with van der Waals surface area (Å²) in [7, 11) is 1.68. The first-order chi connectivity index (χ1) is 10.3. The minimum atomic E-state index is 0.250. The maximum Gasteiger partial charge on any atom is 0.118 e. The summed E-state index contributed by atoms with van der Waals surface area (Å²) < 4.78 is 11.2. The van der Waals surface area contributed by atoms with Crippen LogP contribution in [0.25, 0.3) is 0 Å². The molecule has 1 aliphatic heterocycles. The zero-order chi connectivity index (χ0) is 14.5. The third-order valence-electron chi connectivity index (χ3n) is 3.92. The number of benzene rings is 2. The highest BCUT2D eigenvalue weighted by molar-refractivity contribution is 5.52. The third kappa shape index (κ3) is 3.56. The average Bonchev–Trinajstić information content (AvgIpc) is 2.76. The maximum atomic E-state index is 6.05. The molecule has 2 aromatic carbocycles. The Morgan fingerprint density at radius 2 is 1.90 bits per heavy atom. The van der Waals surface area contributed by atoms with Crippen molar-refractivity contribution >= 4 is 5.69 Å². The molecule has 110 valence electrons. The molecular weight excluding hydrogens is 262 g/mol. The van der Waals surface area contributed by atoms with Crippen LogP contribution in [0.15, 0.2) is 48.5 Å². The van der Waals surface area contributed by atoms with Crippen molar-refractivity contribution in [2.24, 2.45) is 0 Å². The van der Waals surface area contributed by atoms with Gasteiger partial charge in [-0.05, 0) is 42.2 Å². The number of methoxy groups -OCH3 is 1. The van der Waals surface area contributed by atoms with Crippen LogP contribution in [0.4, 0.5) is 5.69 Å². The zero-order valence-electron chi connectivity index (χ0n) is 12.3. The van der Waals surface area contributed by atoms with Crippen LogP contribution >= 0.6 is 0 Å². The monoisotopic (exact) mass is 283 g/mol. The van der Waals surface area contributed by atoms with E-state index < -0.39 is 0 Å². The Morgan fingerprint density at radius 3 is 2.71 bits per heavy atom. The van der Waals surface area contributed by atoms with Gasteiger partial charge in [-0.15, -0.1) is 0 Å².